The molecule has 4 aromatic carbocycles. The standard InChI is InChI=1S/C43H46ClN5O3/c44-38-22-21-35(27-37(38)34-19-17-33(18-20-34)32-14-8-3-9-15-32)41(50)48-39(23-16-30-10-4-1-5-11-30)43(52)49-40(26-31-12-6-2-7-13-31)42(51)46-25-24-36-28-45-29-47-36/h1,3-5,8-11,14-15,17-22,27-29,31,39-40H,2,6-7,12-13,16,23-26H2,(H,45,47)(H,46,51)(H,48,50)(H,49,52). The molecule has 1 fully saturated rings. The molecule has 52 heavy (non-hydrogen) atoms. The number of halogens is 1. The summed E-state index contributed by atoms with van der Waals surface area (Å²) in [6.07, 6.45) is 11.0. The average Bonchev–Trinajstić information content (AvgIpc) is 3.71. The van der Waals surface area contributed by atoms with Crippen LogP contribution in [0.25, 0.3) is 22.3 Å². The van der Waals surface area contributed by atoms with Crippen LogP contribution in [0.5, 0.6) is 0 Å². The monoisotopic (exact) mass is 715 g/mol. The van der Waals surface area contributed by atoms with Gasteiger partial charge >= 0.3 is 0 Å². The summed E-state index contributed by atoms with van der Waals surface area (Å²) in [6.45, 7) is 0.417. The lowest BCUT2D eigenvalue weighted by Crippen LogP contribution is -2.54. The molecule has 0 aliphatic heterocycles. The van der Waals surface area contributed by atoms with E-state index in [9.17, 15) is 14.4 Å². The Morgan fingerprint density at radius 1 is 0.750 bits per heavy atom. The first-order valence-corrected chi connectivity index (χ1v) is 18.7. The van der Waals surface area contributed by atoms with Crippen LogP contribution in [0.15, 0.2) is 116 Å². The Bertz CT molecular complexity index is 1890. The van der Waals surface area contributed by atoms with E-state index in [2.05, 4.69) is 38.1 Å². The first kappa shape index (κ1) is 36.6. The van der Waals surface area contributed by atoms with Crippen LogP contribution >= 0.6 is 11.6 Å². The maximum absolute atomic E-state index is 14.1. The van der Waals surface area contributed by atoms with Crippen molar-refractivity contribution >= 4 is 29.3 Å². The van der Waals surface area contributed by atoms with Crippen LogP contribution in [-0.2, 0) is 22.4 Å². The fourth-order valence-electron chi connectivity index (χ4n) is 6.95. The molecular weight excluding hydrogens is 670 g/mol. The Balaban J connectivity index is 1.18. The van der Waals surface area contributed by atoms with Crippen LogP contribution in [0.4, 0.5) is 0 Å². The number of nitrogens with zero attached hydrogens (tertiary/aromatic N) is 1. The summed E-state index contributed by atoms with van der Waals surface area (Å²) >= 11 is 6.66. The molecular formula is C43H46ClN5O3. The maximum atomic E-state index is 14.1. The van der Waals surface area contributed by atoms with Crippen LogP contribution < -0.4 is 16.0 Å². The maximum Gasteiger partial charge on any atom is 0.251 e. The first-order chi connectivity index (χ1) is 25.4. The fourth-order valence-corrected chi connectivity index (χ4v) is 7.18. The third kappa shape index (κ3) is 10.2. The van der Waals surface area contributed by atoms with E-state index in [1.165, 1.54) is 6.42 Å². The Morgan fingerprint density at radius 3 is 2.15 bits per heavy atom. The summed E-state index contributed by atoms with van der Waals surface area (Å²) in [5.41, 5.74) is 6.15. The molecule has 9 heteroatoms. The molecule has 2 unspecified atom stereocenters. The van der Waals surface area contributed by atoms with Gasteiger partial charge < -0.3 is 20.9 Å². The number of imidazole rings is 1. The number of nitrogens with one attached hydrogen (secondary N) is 4. The van der Waals surface area contributed by atoms with Gasteiger partial charge in [0.05, 0.1) is 6.33 Å². The van der Waals surface area contributed by atoms with Gasteiger partial charge in [-0.1, -0.05) is 129 Å². The van der Waals surface area contributed by atoms with E-state index in [1.807, 2.05) is 72.8 Å². The van der Waals surface area contributed by atoms with Gasteiger partial charge in [-0.05, 0) is 65.6 Å². The van der Waals surface area contributed by atoms with E-state index in [4.69, 9.17) is 11.6 Å². The highest BCUT2D eigenvalue weighted by Gasteiger charge is 2.30. The highest BCUT2D eigenvalue weighted by Crippen LogP contribution is 2.31. The molecule has 2 atom stereocenters. The molecule has 1 aliphatic carbocycles. The SMILES string of the molecule is O=C(NC(CCc1ccccc1)C(=O)NC(CC1CCCCC1)C(=O)NCCc1cnc[nH]1)c1ccc(Cl)c(-c2ccc(-c3ccccc3)cc2)c1. The highest BCUT2D eigenvalue weighted by molar-refractivity contribution is 6.33. The van der Waals surface area contributed by atoms with Gasteiger partial charge in [0.15, 0.2) is 0 Å². The van der Waals surface area contributed by atoms with Crippen molar-refractivity contribution in [2.24, 2.45) is 5.92 Å². The predicted octanol–water partition coefficient (Wildman–Crippen LogP) is 7.94. The van der Waals surface area contributed by atoms with Crippen LogP contribution in [-0.4, -0.2) is 46.3 Å². The number of amides is 3. The van der Waals surface area contributed by atoms with Crippen molar-refractivity contribution in [2.75, 3.05) is 6.54 Å². The molecule has 268 valence electrons. The summed E-state index contributed by atoms with van der Waals surface area (Å²) < 4.78 is 0. The van der Waals surface area contributed by atoms with Gasteiger partial charge in [-0.3, -0.25) is 14.4 Å². The number of H-pyrrole nitrogens is 1. The zero-order chi connectivity index (χ0) is 36.1. The minimum atomic E-state index is -0.872. The Hall–Kier alpha value is -5.21. The minimum absolute atomic E-state index is 0.216. The quantitative estimate of drug-likeness (QED) is 0.0881. The van der Waals surface area contributed by atoms with Crippen molar-refractivity contribution in [3.63, 3.8) is 0 Å². The smallest absolute Gasteiger partial charge is 0.251 e. The lowest BCUT2D eigenvalue weighted by molar-refractivity contribution is -0.130. The molecule has 1 saturated carbocycles. The van der Waals surface area contributed by atoms with Gasteiger partial charge in [0, 0.05) is 41.0 Å². The molecule has 4 N–H and O–H groups in total. The van der Waals surface area contributed by atoms with Crippen LogP contribution in [0.1, 0.15) is 66.6 Å². The average molecular weight is 716 g/mol. The van der Waals surface area contributed by atoms with E-state index in [1.54, 1.807) is 30.7 Å². The van der Waals surface area contributed by atoms with Crippen molar-refractivity contribution in [3.8, 4) is 22.3 Å². The molecule has 5 aromatic rings. The molecule has 0 saturated heterocycles. The number of rotatable bonds is 15. The third-order valence-electron chi connectivity index (χ3n) is 9.89. The topological polar surface area (TPSA) is 116 Å². The number of benzene rings is 4. The number of carbonyl (C=O) groups excluding carboxylic acids is 3. The minimum Gasteiger partial charge on any atom is -0.354 e. The lowest BCUT2D eigenvalue weighted by Gasteiger charge is -2.28. The third-order valence-corrected chi connectivity index (χ3v) is 10.2. The van der Waals surface area contributed by atoms with Gasteiger partial charge in [0.2, 0.25) is 11.8 Å². The second-order valence-corrected chi connectivity index (χ2v) is 14.0. The van der Waals surface area contributed by atoms with Crippen LogP contribution in [0.2, 0.25) is 5.02 Å². The second kappa shape index (κ2) is 18.3. The number of aryl methyl sites for hydroxylation is 1. The van der Waals surface area contributed by atoms with E-state index in [0.717, 1.165) is 59.2 Å². The molecule has 1 heterocycles. The van der Waals surface area contributed by atoms with Gasteiger partial charge in [-0.25, -0.2) is 4.98 Å². The summed E-state index contributed by atoms with van der Waals surface area (Å²) in [4.78, 5) is 48.7. The van der Waals surface area contributed by atoms with Crippen molar-refractivity contribution in [3.05, 3.63) is 137 Å². The first-order valence-electron chi connectivity index (χ1n) is 18.3. The largest absolute Gasteiger partial charge is 0.354 e. The normalized spacial score (nSPS) is 14.2. The molecule has 0 radical (unpaired) electrons. The Kier molecular flexibility index (Phi) is 12.9. The van der Waals surface area contributed by atoms with Gasteiger partial charge in [-0.15, -0.1) is 0 Å². The zero-order valence-corrected chi connectivity index (χ0v) is 30.1. The number of aromatic nitrogens is 2. The highest BCUT2D eigenvalue weighted by atomic mass is 35.5. The molecule has 1 aliphatic rings. The summed E-state index contributed by atoms with van der Waals surface area (Å²) in [7, 11) is 0. The fraction of sp³-hybridized carbons (Fsp3) is 0.302. The number of hydrogen-bond acceptors (Lipinski definition) is 4. The molecule has 0 spiro atoms. The number of hydrogen-bond donors (Lipinski definition) is 4. The molecule has 8 nitrogen and oxygen atoms in total. The van der Waals surface area contributed by atoms with Gasteiger partial charge in [0.1, 0.15) is 12.1 Å². The van der Waals surface area contributed by atoms with E-state index < -0.39 is 12.1 Å². The van der Waals surface area contributed by atoms with Crippen molar-refractivity contribution in [2.45, 2.75) is 69.9 Å². The molecule has 0 bridgehead atoms. The van der Waals surface area contributed by atoms with Crippen molar-refractivity contribution in [1.29, 1.82) is 0 Å². The van der Waals surface area contributed by atoms with Gasteiger partial charge in [0.25, 0.3) is 5.91 Å². The second-order valence-electron chi connectivity index (χ2n) is 13.6. The number of carbonyl (C=O) groups is 3. The van der Waals surface area contributed by atoms with Crippen LogP contribution in [0.3, 0.4) is 0 Å². The van der Waals surface area contributed by atoms with E-state index in [-0.39, 0.29) is 17.7 Å². The number of aromatic amines is 1. The van der Waals surface area contributed by atoms with Gasteiger partial charge in [-0.2, -0.15) is 0 Å². The molecule has 1 aromatic heterocycles. The van der Waals surface area contributed by atoms with Crippen molar-refractivity contribution in [1.82, 2.24) is 25.9 Å². The summed E-state index contributed by atoms with van der Waals surface area (Å²) in [5, 5.41) is 9.60. The van der Waals surface area contributed by atoms with Crippen molar-refractivity contribution < 1.29 is 14.4 Å². The van der Waals surface area contributed by atoms with E-state index >= 15 is 0 Å². The van der Waals surface area contributed by atoms with Crippen LogP contribution in [0, 0.1) is 5.92 Å². The molecule has 6 rings (SSSR count). The Morgan fingerprint density at radius 2 is 1.44 bits per heavy atom. The zero-order valence-electron chi connectivity index (χ0n) is 29.3. The summed E-state index contributed by atoms with van der Waals surface area (Å²) in [6, 6.07) is 31.6. The van der Waals surface area contributed by atoms with E-state index in [0.29, 0.717) is 48.7 Å². The predicted molar refractivity (Wildman–Crippen MR) is 207 cm³/mol. The lowest BCUT2D eigenvalue weighted by atomic mass is 9.84. The molecule has 3 amide bonds. The Labute approximate surface area is 310 Å². The summed E-state index contributed by atoms with van der Waals surface area (Å²) in [5.74, 6) is -0.629.